The maximum Gasteiger partial charge on any atom is 0.251 e. The van der Waals surface area contributed by atoms with E-state index in [4.69, 9.17) is 4.74 Å². The monoisotopic (exact) mass is 354 g/mol. The molecule has 138 valence electrons. The van der Waals surface area contributed by atoms with Crippen molar-refractivity contribution in [3.8, 4) is 5.75 Å². The number of ether oxygens (including phenoxy) is 1. The molecule has 0 unspecified atom stereocenters. The molecule has 2 amide bonds. The van der Waals surface area contributed by atoms with Crippen molar-refractivity contribution in [2.45, 2.75) is 26.2 Å². The summed E-state index contributed by atoms with van der Waals surface area (Å²) < 4.78 is 5.06. The van der Waals surface area contributed by atoms with Crippen LogP contribution in [0, 0.1) is 6.92 Å². The lowest BCUT2D eigenvalue weighted by Crippen LogP contribution is -2.34. The van der Waals surface area contributed by atoms with Crippen molar-refractivity contribution in [3.63, 3.8) is 0 Å². The van der Waals surface area contributed by atoms with E-state index < -0.39 is 0 Å². The maximum atomic E-state index is 12.0. The van der Waals surface area contributed by atoms with Crippen molar-refractivity contribution >= 4 is 11.8 Å². The van der Waals surface area contributed by atoms with Gasteiger partial charge in [0.1, 0.15) is 5.75 Å². The van der Waals surface area contributed by atoms with Crippen LogP contribution in [0.3, 0.4) is 0 Å². The SMILES string of the molecule is COc1ccc(C(=O)NCCNC(=O)CCCc2ccc(C)cc2)cc1. The summed E-state index contributed by atoms with van der Waals surface area (Å²) in [5.41, 5.74) is 3.05. The van der Waals surface area contributed by atoms with Crippen LogP contribution in [0.5, 0.6) is 5.75 Å². The minimum Gasteiger partial charge on any atom is -0.497 e. The van der Waals surface area contributed by atoms with Gasteiger partial charge in [-0.25, -0.2) is 0 Å². The van der Waals surface area contributed by atoms with Gasteiger partial charge in [-0.05, 0) is 49.6 Å². The summed E-state index contributed by atoms with van der Waals surface area (Å²) in [6.45, 7) is 2.88. The van der Waals surface area contributed by atoms with E-state index in [1.54, 1.807) is 31.4 Å². The van der Waals surface area contributed by atoms with Gasteiger partial charge >= 0.3 is 0 Å². The van der Waals surface area contributed by atoms with Crippen LogP contribution in [0.4, 0.5) is 0 Å². The van der Waals surface area contributed by atoms with Crippen LogP contribution in [0.1, 0.15) is 34.3 Å². The number of carbonyl (C=O) groups excluding carboxylic acids is 2. The maximum absolute atomic E-state index is 12.0. The second-order valence-corrected chi connectivity index (χ2v) is 6.17. The van der Waals surface area contributed by atoms with E-state index in [2.05, 4.69) is 41.8 Å². The zero-order valence-electron chi connectivity index (χ0n) is 15.4. The van der Waals surface area contributed by atoms with E-state index in [1.165, 1.54) is 11.1 Å². The molecule has 0 saturated carbocycles. The van der Waals surface area contributed by atoms with E-state index in [0.717, 1.165) is 12.8 Å². The van der Waals surface area contributed by atoms with Crippen LogP contribution in [-0.4, -0.2) is 32.0 Å². The van der Waals surface area contributed by atoms with Gasteiger partial charge in [0.25, 0.3) is 5.91 Å². The average molecular weight is 354 g/mol. The minimum atomic E-state index is -0.165. The van der Waals surface area contributed by atoms with Crippen molar-refractivity contribution in [2.24, 2.45) is 0 Å². The first-order valence-corrected chi connectivity index (χ1v) is 8.83. The predicted molar refractivity (Wildman–Crippen MR) is 102 cm³/mol. The number of rotatable bonds is 9. The van der Waals surface area contributed by atoms with Crippen LogP contribution in [0.2, 0.25) is 0 Å². The Kier molecular flexibility index (Phi) is 7.68. The summed E-state index contributed by atoms with van der Waals surface area (Å²) >= 11 is 0. The van der Waals surface area contributed by atoms with Gasteiger partial charge in [-0.15, -0.1) is 0 Å². The normalized spacial score (nSPS) is 10.2. The van der Waals surface area contributed by atoms with Gasteiger partial charge in [0.15, 0.2) is 0 Å². The molecule has 0 fully saturated rings. The molecular weight excluding hydrogens is 328 g/mol. The number of hydrogen-bond donors (Lipinski definition) is 2. The molecule has 26 heavy (non-hydrogen) atoms. The molecule has 2 rings (SSSR count). The third kappa shape index (κ3) is 6.59. The van der Waals surface area contributed by atoms with Gasteiger partial charge in [-0.1, -0.05) is 29.8 Å². The lowest BCUT2D eigenvalue weighted by atomic mass is 10.1. The molecule has 0 aliphatic carbocycles. The van der Waals surface area contributed by atoms with Crippen molar-refractivity contribution in [1.29, 1.82) is 0 Å². The van der Waals surface area contributed by atoms with E-state index in [-0.39, 0.29) is 11.8 Å². The molecule has 0 aromatic heterocycles. The lowest BCUT2D eigenvalue weighted by molar-refractivity contribution is -0.121. The molecule has 0 radical (unpaired) electrons. The Morgan fingerprint density at radius 3 is 2.23 bits per heavy atom. The topological polar surface area (TPSA) is 67.4 Å². The Hall–Kier alpha value is -2.82. The predicted octanol–water partition coefficient (Wildman–Crippen LogP) is 2.87. The van der Waals surface area contributed by atoms with Crippen molar-refractivity contribution in [3.05, 3.63) is 65.2 Å². The Morgan fingerprint density at radius 1 is 0.923 bits per heavy atom. The molecular formula is C21H26N2O3. The van der Waals surface area contributed by atoms with Crippen LogP contribution in [-0.2, 0) is 11.2 Å². The number of methoxy groups -OCH3 is 1. The first kappa shape index (κ1) is 19.5. The number of carbonyl (C=O) groups is 2. The molecule has 0 aliphatic rings. The van der Waals surface area contributed by atoms with Gasteiger partial charge in [0.05, 0.1) is 7.11 Å². The van der Waals surface area contributed by atoms with Gasteiger partial charge in [-0.2, -0.15) is 0 Å². The van der Waals surface area contributed by atoms with Gasteiger partial charge in [0, 0.05) is 25.1 Å². The first-order chi connectivity index (χ1) is 12.6. The number of nitrogens with one attached hydrogen (secondary N) is 2. The van der Waals surface area contributed by atoms with Crippen molar-refractivity contribution in [2.75, 3.05) is 20.2 Å². The molecule has 5 heteroatoms. The van der Waals surface area contributed by atoms with Crippen LogP contribution < -0.4 is 15.4 Å². The minimum absolute atomic E-state index is 0.0100. The highest BCUT2D eigenvalue weighted by molar-refractivity contribution is 5.94. The molecule has 5 nitrogen and oxygen atoms in total. The Labute approximate surface area is 154 Å². The van der Waals surface area contributed by atoms with E-state index in [0.29, 0.717) is 30.8 Å². The van der Waals surface area contributed by atoms with Gasteiger partial charge in [0.2, 0.25) is 5.91 Å². The fraction of sp³-hybridized carbons (Fsp3) is 0.333. The fourth-order valence-electron chi connectivity index (χ4n) is 2.52. The zero-order chi connectivity index (χ0) is 18.8. The largest absolute Gasteiger partial charge is 0.497 e. The number of amides is 2. The third-order valence-corrected chi connectivity index (χ3v) is 4.07. The van der Waals surface area contributed by atoms with Crippen molar-refractivity contribution < 1.29 is 14.3 Å². The molecule has 0 atom stereocenters. The smallest absolute Gasteiger partial charge is 0.251 e. The summed E-state index contributed by atoms with van der Waals surface area (Å²) in [5, 5.41) is 5.61. The van der Waals surface area contributed by atoms with E-state index >= 15 is 0 Å². The second kappa shape index (κ2) is 10.2. The number of aryl methyl sites for hydroxylation is 2. The van der Waals surface area contributed by atoms with Crippen molar-refractivity contribution in [1.82, 2.24) is 10.6 Å². The second-order valence-electron chi connectivity index (χ2n) is 6.17. The lowest BCUT2D eigenvalue weighted by Gasteiger charge is -2.08. The van der Waals surface area contributed by atoms with E-state index in [9.17, 15) is 9.59 Å². The average Bonchev–Trinajstić information content (AvgIpc) is 2.66. The van der Waals surface area contributed by atoms with Gasteiger partial charge in [-0.3, -0.25) is 9.59 Å². The van der Waals surface area contributed by atoms with Gasteiger partial charge < -0.3 is 15.4 Å². The first-order valence-electron chi connectivity index (χ1n) is 8.83. The third-order valence-electron chi connectivity index (χ3n) is 4.07. The highest BCUT2D eigenvalue weighted by Crippen LogP contribution is 2.11. The molecule has 0 saturated heterocycles. The van der Waals surface area contributed by atoms with E-state index in [1.807, 2.05) is 0 Å². The summed E-state index contributed by atoms with van der Waals surface area (Å²) in [4.78, 5) is 23.8. The molecule has 0 heterocycles. The highest BCUT2D eigenvalue weighted by atomic mass is 16.5. The summed E-state index contributed by atoms with van der Waals surface area (Å²) in [6, 6.07) is 15.3. The van der Waals surface area contributed by atoms with Crippen LogP contribution in [0.25, 0.3) is 0 Å². The molecule has 0 bridgehead atoms. The Morgan fingerprint density at radius 2 is 1.58 bits per heavy atom. The summed E-state index contributed by atoms with van der Waals surface area (Å²) in [6.07, 6.45) is 2.19. The fourth-order valence-corrected chi connectivity index (χ4v) is 2.52. The molecule has 0 spiro atoms. The Bertz CT molecular complexity index is 709. The highest BCUT2D eigenvalue weighted by Gasteiger charge is 2.06. The Balaban J connectivity index is 1.59. The molecule has 2 aromatic carbocycles. The van der Waals surface area contributed by atoms with Crippen LogP contribution >= 0.6 is 0 Å². The van der Waals surface area contributed by atoms with Crippen LogP contribution in [0.15, 0.2) is 48.5 Å². The molecule has 2 aromatic rings. The quantitative estimate of drug-likeness (QED) is 0.681. The zero-order valence-corrected chi connectivity index (χ0v) is 15.4. The molecule has 2 N–H and O–H groups in total. The number of hydrogen-bond acceptors (Lipinski definition) is 3. The molecule has 0 aliphatic heterocycles. The standard InChI is InChI=1S/C21H26N2O3/c1-16-6-8-17(9-7-16)4-3-5-20(24)22-14-15-23-21(25)18-10-12-19(26-2)13-11-18/h6-13H,3-5,14-15H2,1-2H3,(H,22,24)(H,23,25). The number of benzene rings is 2. The summed E-state index contributed by atoms with van der Waals surface area (Å²) in [5.74, 6) is 0.552. The summed E-state index contributed by atoms with van der Waals surface area (Å²) in [7, 11) is 1.58.